The van der Waals surface area contributed by atoms with E-state index in [1.165, 1.54) is 0 Å². The van der Waals surface area contributed by atoms with Crippen molar-refractivity contribution in [2.75, 3.05) is 6.54 Å². The van der Waals surface area contributed by atoms with Crippen molar-refractivity contribution in [2.45, 2.75) is 45.1 Å². The molecule has 1 saturated carbocycles. The Bertz CT molecular complexity index is 272. The van der Waals surface area contributed by atoms with Crippen LogP contribution >= 0.6 is 0 Å². The molecule has 1 amide bonds. The summed E-state index contributed by atoms with van der Waals surface area (Å²) in [4.78, 5) is 11.6. The maximum Gasteiger partial charge on any atom is 0.220 e. The second-order valence-electron chi connectivity index (χ2n) is 4.72. The maximum atomic E-state index is 11.6. The van der Waals surface area contributed by atoms with Gasteiger partial charge in [-0.1, -0.05) is 6.92 Å². The summed E-state index contributed by atoms with van der Waals surface area (Å²) < 4.78 is 0. The van der Waals surface area contributed by atoms with Gasteiger partial charge in [0.2, 0.25) is 5.91 Å². The van der Waals surface area contributed by atoms with Crippen LogP contribution in [0.3, 0.4) is 0 Å². The lowest BCUT2D eigenvalue weighted by Gasteiger charge is -2.16. The summed E-state index contributed by atoms with van der Waals surface area (Å²) in [7, 11) is 0. The number of carbonyl (C=O) groups is 1. The minimum Gasteiger partial charge on any atom is -0.352 e. The third kappa shape index (κ3) is 3.82. The molecule has 1 aliphatic rings. The van der Waals surface area contributed by atoms with E-state index in [2.05, 4.69) is 11.4 Å². The molecule has 0 bridgehead atoms. The summed E-state index contributed by atoms with van der Waals surface area (Å²) in [6.45, 7) is 2.67. The number of nitrogens with one attached hydrogen (secondary N) is 1. The fourth-order valence-electron chi connectivity index (χ4n) is 2.06. The van der Waals surface area contributed by atoms with Crippen molar-refractivity contribution in [3.8, 4) is 6.07 Å². The molecule has 90 valence electrons. The van der Waals surface area contributed by atoms with Crippen LogP contribution in [-0.2, 0) is 4.79 Å². The van der Waals surface area contributed by atoms with Gasteiger partial charge in [-0.05, 0) is 38.1 Å². The first-order chi connectivity index (χ1) is 7.67. The van der Waals surface area contributed by atoms with E-state index in [9.17, 15) is 4.79 Å². The van der Waals surface area contributed by atoms with E-state index in [4.69, 9.17) is 11.0 Å². The highest BCUT2D eigenvalue weighted by atomic mass is 16.1. The van der Waals surface area contributed by atoms with Gasteiger partial charge < -0.3 is 11.1 Å². The second-order valence-corrected chi connectivity index (χ2v) is 4.72. The second kappa shape index (κ2) is 6.49. The maximum absolute atomic E-state index is 11.6. The molecule has 4 heteroatoms. The average molecular weight is 223 g/mol. The summed E-state index contributed by atoms with van der Waals surface area (Å²) >= 11 is 0. The van der Waals surface area contributed by atoms with Crippen LogP contribution in [0.4, 0.5) is 0 Å². The first kappa shape index (κ1) is 13.0. The van der Waals surface area contributed by atoms with E-state index < -0.39 is 0 Å². The van der Waals surface area contributed by atoms with Gasteiger partial charge in [0, 0.05) is 12.5 Å². The Morgan fingerprint density at radius 2 is 2.38 bits per heavy atom. The Morgan fingerprint density at radius 3 is 3.00 bits per heavy atom. The highest BCUT2D eigenvalue weighted by Crippen LogP contribution is 2.24. The molecule has 3 unspecified atom stereocenters. The van der Waals surface area contributed by atoms with Gasteiger partial charge in [-0.15, -0.1) is 0 Å². The topological polar surface area (TPSA) is 78.9 Å². The molecule has 16 heavy (non-hydrogen) atoms. The van der Waals surface area contributed by atoms with Gasteiger partial charge in [0.25, 0.3) is 0 Å². The fourth-order valence-corrected chi connectivity index (χ4v) is 2.06. The molecular formula is C12H21N3O. The first-order valence-electron chi connectivity index (χ1n) is 6.06. The third-order valence-electron chi connectivity index (χ3n) is 3.29. The normalized spacial score (nSPS) is 26.1. The first-order valence-corrected chi connectivity index (χ1v) is 6.06. The van der Waals surface area contributed by atoms with Crippen LogP contribution < -0.4 is 11.1 Å². The van der Waals surface area contributed by atoms with Gasteiger partial charge in [-0.3, -0.25) is 4.79 Å². The Kier molecular flexibility index (Phi) is 5.27. The van der Waals surface area contributed by atoms with Crippen molar-refractivity contribution in [3.63, 3.8) is 0 Å². The SMILES string of the molecule is CC(CN)CCC(=O)NC1CCCC1C#N. The van der Waals surface area contributed by atoms with Gasteiger partial charge in [-0.25, -0.2) is 0 Å². The quantitative estimate of drug-likeness (QED) is 0.734. The highest BCUT2D eigenvalue weighted by molar-refractivity contribution is 5.76. The molecule has 0 saturated heterocycles. The van der Waals surface area contributed by atoms with Gasteiger partial charge >= 0.3 is 0 Å². The van der Waals surface area contributed by atoms with Crippen LogP contribution in [0.2, 0.25) is 0 Å². The summed E-state index contributed by atoms with van der Waals surface area (Å²) in [5.41, 5.74) is 5.49. The molecule has 0 heterocycles. The number of nitrogens with zero attached hydrogens (tertiary/aromatic N) is 1. The number of rotatable bonds is 5. The number of nitriles is 1. The molecule has 1 rings (SSSR count). The molecule has 0 aromatic heterocycles. The minimum absolute atomic E-state index is 0.0101. The Hall–Kier alpha value is -1.08. The third-order valence-corrected chi connectivity index (χ3v) is 3.29. The predicted octanol–water partition coefficient (Wildman–Crippen LogP) is 1.17. The van der Waals surface area contributed by atoms with E-state index >= 15 is 0 Å². The van der Waals surface area contributed by atoms with Crippen molar-refractivity contribution >= 4 is 5.91 Å². The molecule has 0 aromatic rings. The molecule has 4 nitrogen and oxygen atoms in total. The van der Waals surface area contributed by atoms with E-state index in [1.807, 2.05) is 6.92 Å². The minimum atomic E-state index is 0.0101. The lowest BCUT2D eigenvalue weighted by molar-refractivity contribution is -0.122. The molecule has 1 aliphatic carbocycles. The van der Waals surface area contributed by atoms with Crippen LogP contribution in [0, 0.1) is 23.2 Å². The molecule has 1 fully saturated rings. The molecule has 0 aliphatic heterocycles. The van der Waals surface area contributed by atoms with E-state index in [0.717, 1.165) is 25.7 Å². The van der Waals surface area contributed by atoms with Crippen molar-refractivity contribution in [2.24, 2.45) is 17.6 Å². The smallest absolute Gasteiger partial charge is 0.220 e. The standard InChI is InChI=1S/C12H21N3O/c1-9(7-13)5-6-12(16)15-11-4-2-3-10(11)8-14/h9-11H,2-7,13H2,1H3,(H,15,16). The Morgan fingerprint density at radius 1 is 1.62 bits per heavy atom. The molecule has 3 N–H and O–H groups in total. The molecule has 3 atom stereocenters. The van der Waals surface area contributed by atoms with Crippen molar-refractivity contribution in [3.05, 3.63) is 0 Å². The number of carbonyl (C=O) groups excluding carboxylic acids is 1. The largest absolute Gasteiger partial charge is 0.352 e. The lowest BCUT2D eigenvalue weighted by atomic mass is 10.0. The zero-order valence-electron chi connectivity index (χ0n) is 9.91. The van der Waals surface area contributed by atoms with Crippen molar-refractivity contribution in [1.29, 1.82) is 5.26 Å². The highest BCUT2D eigenvalue weighted by Gasteiger charge is 2.28. The predicted molar refractivity (Wildman–Crippen MR) is 62.3 cm³/mol. The number of hydrogen-bond acceptors (Lipinski definition) is 3. The monoisotopic (exact) mass is 223 g/mol. The van der Waals surface area contributed by atoms with Crippen LogP contribution in [0.1, 0.15) is 39.0 Å². The molecule has 0 spiro atoms. The van der Waals surface area contributed by atoms with Gasteiger partial charge in [-0.2, -0.15) is 5.26 Å². The van der Waals surface area contributed by atoms with Crippen LogP contribution in [-0.4, -0.2) is 18.5 Å². The van der Waals surface area contributed by atoms with Gasteiger partial charge in [0.1, 0.15) is 0 Å². The summed E-state index contributed by atoms with van der Waals surface area (Å²) in [6, 6.07) is 2.34. The van der Waals surface area contributed by atoms with Gasteiger partial charge in [0.15, 0.2) is 0 Å². The average Bonchev–Trinajstić information content (AvgIpc) is 2.73. The summed E-state index contributed by atoms with van der Waals surface area (Å²) in [5, 5.41) is 11.8. The Labute approximate surface area is 97.2 Å². The number of nitrogens with two attached hydrogens (primary N) is 1. The Balaban J connectivity index is 2.26. The van der Waals surface area contributed by atoms with Crippen molar-refractivity contribution in [1.82, 2.24) is 5.32 Å². The number of hydrogen-bond donors (Lipinski definition) is 2. The molecular weight excluding hydrogens is 202 g/mol. The number of amides is 1. The van der Waals surface area contributed by atoms with Crippen molar-refractivity contribution < 1.29 is 4.79 Å². The molecule has 0 radical (unpaired) electrons. The zero-order chi connectivity index (χ0) is 12.0. The summed E-state index contributed by atoms with van der Waals surface area (Å²) in [5.74, 6) is 0.462. The van der Waals surface area contributed by atoms with E-state index in [1.54, 1.807) is 0 Å². The van der Waals surface area contributed by atoms with Gasteiger partial charge in [0.05, 0.1) is 12.0 Å². The summed E-state index contributed by atoms with van der Waals surface area (Å²) in [6.07, 6.45) is 4.25. The van der Waals surface area contributed by atoms with E-state index in [0.29, 0.717) is 18.9 Å². The zero-order valence-corrected chi connectivity index (χ0v) is 9.91. The van der Waals surface area contributed by atoms with Crippen LogP contribution in [0.5, 0.6) is 0 Å². The van der Waals surface area contributed by atoms with Crippen LogP contribution in [0.25, 0.3) is 0 Å². The fraction of sp³-hybridized carbons (Fsp3) is 0.833. The lowest BCUT2D eigenvalue weighted by Crippen LogP contribution is -2.37. The molecule has 0 aromatic carbocycles. The van der Waals surface area contributed by atoms with E-state index in [-0.39, 0.29) is 17.9 Å². The van der Waals surface area contributed by atoms with Crippen LogP contribution in [0.15, 0.2) is 0 Å².